The molecule has 1 aliphatic heterocycles. The summed E-state index contributed by atoms with van der Waals surface area (Å²) in [7, 11) is 0. The van der Waals surface area contributed by atoms with Crippen LogP contribution in [-0.4, -0.2) is 6.61 Å². The van der Waals surface area contributed by atoms with Gasteiger partial charge in [-0.1, -0.05) is 12.1 Å². The van der Waals surface area contributed by atoms with Crippen LogP contribution in [-0.2, 0) is 6.42 Å². The average molecular weight is 264 g/mol. The van der Waals surface area contributed by atoms with Crippen LogP contribution in [0.5, 0.6) is 5.75 Å². The zero-order chi connectivity index (χ0) is 13.9. The lowest BCUT2D eigenvalue weighted by Gasteiger charge is -2.16. The highest BCUT2D eigenvalue weighted by Crippen LogP contribution is 2.29. The summed E-state index contributed by atoms with van der Waals surface area (Å²) >= 11 is 0. The summed E-state index contributed by atoms with van der Waals surface area (Å²) < 4.78 is 5.53. The number of nitrogens with zero attached hydrogens (tertiary/aromatic N) is 1. The Bertz CT molecular complexity index is 673. The highest BCUT2D eigenvalue weighted by molar-refractivity contribution is 5.51. The van der Waals surface area contributed by atoms with Gasteiger partial charge in [-0.3, -0.25) is 0 Å². The molecule has 20 heavy (non-hydrogen) atoms. The Morgan fingerprint density at radius 3 is 3.00 bits per heavy atom. The summed E-state index contributed by atoms with van der Waals surface area (Å²) in [6.45, 7) is 2.90. The summed E-state index contributed by atoms with van der Waals surface area (Å²) in [5, 5.41) is 12.4. The van der Waals surface area contributed by atoms with Gasteiger partial charge in [-0.05, 0) is 48.4 Å². The fourth-order valence-electron chi connectivity index (χ4n) is 2.49. The molecule has 2 aromatic rings. The Morgan fingerprint density at radius 1 is 1.25 bits per heavy atom. The van der Waals surface area contributed by atoms with Crippen LogP contribution in [0, 0.1) is 11.3 Å². The molecule has 0 saturated carbocycles. The average Bonchev–Trinajstić information content (AvgIpc) is 2.94. The lowest BCUT2D eigenvalue weighted by molar-refractivity contribution is 0.357. The van der Waals surface area contributed by atoms with E-state index in [-0.39, 0.29) is 6.04 Å². The Morgan fingerprint density at radius 2 is 2.15 bits per heavy atom. The van der Waals surface area contributed by atoms with Crippen molar-refractivity contribution >= 4 is 5.69 Å². The molecule has 3 heteroatoms. The second-order valence-electron chi connectivity index (χ2n) is 5.02. The Balaban J connectivity index is 1.79. The van der Waals surface area contributed by atoms with Gasteiger partial charge in [0.25, 0.3) is 0 Å². The standard InChI is InChI=1S/C17H16N2O/c1-12(19-16-4-2-3-13(9-16)11-18)14-5-6-17-15(10-14)7-8-20-17/h2-6,9-10,12,19H,7-8H2,1H3. The molecule has 0 radical (unpaired) electrons. The molecule has 0 fully saturated rings. The molecule has 0 spiro atoms. The van der Waals surface area contributed by atoms with Gasteiger partial charge < -0.3 is 10.1 Å². The van der Waals surface area contributed by atoms with Crippen LogP contribution in [0.15, 0.2) is 42.5 Å². The molecule has 3 nitrogen and oxygen atoms in total. The number of fused-ring (bicyclic) bond motifs is 1. The molecule has 0 aromatic heterocycles. The quantitative estimate of drug-likeness (QED) is 0.920. The number of benzene rings is 2. The molecule has 2 aromatic carbocycles. The summed E-state index contributed by atoms with van der Waals surface area (Å²) in [6.07, 6.45) is 0.986. The van der Waals surface area contributed by atoms with Crippen LogP contribution in [0.3, 0.4) is 0 Å². The van der Waals surface area contributed by atoms with Crippen molar-refractivity contribution in [2.45, 2.75) is 19.4 Å². The van der Waals surface area contributed by atoms with Crippen molar-refractivity contribution in [3.05, 3.63) is 59.2 Å². The van der Waals surface area contributed by atoms with Crippen LogP contribution in [0.25, 0.3) is 0 Å². The molecule has 1 atom stereocenters. The molecule has 1 heterocycles. The van der Waals surface area contributed by atoms with E-state index in [4.69, 9.17) is 10.00 Å². The summed E-state index contributed by atoms with van der Waals surface area (Å²) in [5.41, 5.74) is 4.15. The largest absolute Gasteiger partial charge is 0.493 e. The van der Waals surface area contributed by atoms with Gasteiger partial charge in [0.2, 0.25) is 0 Å². The third-order valence-corrected chi connectivity index (χ3v) is 3.59. The van der Waals surface area contributed by atoms with E-state index in [1.807, 2.05) is 30.3 Å². The Hall–Kier alpha value is -2.47. The predicted octanol–water partition coefficient (Wildman–Crippen LogP) is 3.67. The minimum absolute atomic E-state index is 0.190. The third-order valence-electron chi connectivity index (χ3n) is 3.59. The van der Waals surface area contributed by atoms with E-state index in [0.29, 0.717) is 5.56 Å². The number of rotatable bonds is 3. The number of anilines is 1. The van der Waals surface area contributed by atoms with Gasteiger partial charge in [0.05, 0.1) is 18.2 Å². The zero-order valence-electron chi connectivity index (χ0n) is 11.4. The lowest BCUT2D eigenvalue weighted by atomic mass is 10.0. The molecule has 0 bridgehead atoms. The second-order valence-corrected chi connectivity index (χ2v) is 5.02. The van der Waals surface area contributed by atoms with Crippen LogP contribution < -0.4 is 10.1 Å². The number of nitriles is 1. The van der Waals surface area contributed by atoms with Crippen LogP contribution >= 0.6 is 0 Å². The van der Waals surface area contributed by atoms with Gasteiger partial charge in [0.1, 0.15) is 5.75 Å². The Kier molecular flexibility index (Phi) is 3.30. The SMILES string of the molecule is CC(Nc1cccc(C#N)c1)c1ccc2c(c1)CCO2. The fourth-order valence-corrected chi connectivity index (χ4v) is 2.49. The molecule has 0 aliphatic carbocycles. The molecule has 100 valence electrons. The maximum absolute atomic E-state index is 8.93. The number of nitrogens with one attached hydrogen (secondary N) is 1. The smallest absolute Gasteiger partial charge is 0.122 e. The Labute approximate surface area is 118 Å². The maximum atomic E-state index is 8.93. The van der Waals surface area contributed by atoms with E-state index in [1.54, 1.807) is 0 Å². The molecule has 3 rings (SSSR count). The van der Waals surface area contributed by atoms with E-state index in [0.717, 1.165) is 24.5 Å². The summed E-state index contributed by atoms with van der Waals surface area (Å²) in [4.78, 5) is 0. The van der Waals surface area contributed by atoms with Crippen LogP contribution in [0.1, 0.15) is 29.7 Å². The van der Waals surface area contributed by atoms with Crippen molar-refractivity contribution in [1.82, 2.24) is 0 Å². The summed E-state index contributed by atoms with van der Waals surface area (Å²) in [6, 6.07) is 16.2. The molecule has 0 amide bonds. The minimum Gasteiger partial charge on any atom is -0.493 e. The fraction of sp³-hybridized carbons (Fsp3) is 0.235. The number of ether oxygens (including phenoxy) is 1. The topological polar surface area (TPSA) is 45.0 Å². The van der Waals surface area contributed by atoms with Crippen LogP contribution in [0.4, 0.5) is 5.69 Å². The summed E-state index contributed by atoms with van der Waals surface area (Å²) in [5.74, 6) is 1.01. The number of hydrogen-bond donors (Lipinski definition) is 1. The van der Waals surface area contributed by atoms with Crippen molar-refractivity contribution in [3.63, 3.8) is 0 Å². The minimum atomic E-state index is 0.190. The molecular weight excluding hydrogens is 248 g/mol. The zero-order valence-corrected chi connectivity index (χ0v) is 11.4. The molecule has 1 N–H and O–H groups in total. The van der Waals surface area contributed by atoms with Gasteiger partial charge in [0.15, 0.2) is 0 Å². The molecular formula is C17H16N2O. The monoisotopic (exact) mass is 264 g/mol. The van der Waals surface area contributed by atoms with Gasteiger partial charge >= 0.3 is 0 Å². The van der Waals surface area contributed by atoms with Crippen molar-refractivity contribution in [2.75, 3.05) is 11.9 Å². The normalized spacial score (nSPS) is 14.0. The first kappa shape index (κ1) is 12.6. The highest BCUT2D eigenvalue weighted by atomic mass is 16.5. The van der Waals surface area contributed by atoms with Crippen LogP contribution in [0.2, 0.25) is 0 Å². The molecule has 1 unspecified atom stereocenters. The number of hydrogen-bond acceptors (Lipinski definition) is 3. The first-order chi connectivity index (χ1) is 9.76. The van der Waals surface area contributed by atoms with Crippen molar-refractivity contribution < 1.29 is 4.74 Å². The van der Waals surface area contributed by atoms with E-state index in [1.165, 1.54) is 11.1 Å². The maximum Gasteiger partial charge on any atom is 0.122 e. The van der Waals surface area contributed by atoms with Gasteiger partial charge in [-0.15, -0.1) is 0 Å². The van der Waals surface area contributed by atoms with Crippen molar-refractivity contribution in [2.24, 2.45) is 0 Å². The molecule has 0 saturated heterocycles. The van der Waals surface area contributed by atoms with Crippen molar-refractivity contribution in [3.8, 4) is 11.8 Å². The lowest BCUT2D eigenvalue weighted by Crippen LogP contribution is -2.06. The van der Waals surface area contributed by atoms with Gasteiger partial charge in [0, 0.05) is 18.2 Å². The first-order valence-corrected chi connectivity index (χ1v) is 6.78. The van der Waals surface area contributed by atoms with Gasteiger partial charge in [-0.25, -0.2) is 0 Å². The second kappa shape index (κ2) is 5.26. The van der Waals surface area contributed by atoms with E-state index < -0.39 is 0 Å². The van der Waals surface area contributed by atoms with E-state index in [9.17, 15) is 0 Å². The first-order valence-electron chi connectivity index (χ1n) is 6.78. The molecule has 1 aliphatic rings. The van der Waals surface area contributed by atoms with Gasteiger partial charge in [-0.2, -0.15) is 5.26 Å². The van der Waals surface area contributed by atoms with Crippen molar-refractivity contribution in [1.29, 1.82) is 5.26 Å². The third kappa shape index (κ3) is 2.46. The highest BCUT2D eigenvalue weighted by Gasteiger charge is 2.14. The van der Waals surface area contributed by atoms with E-state index >= 15 is 0 Å². The predicted molar refractivity (Wildman–Crippen MR) is 78.8 cm³/mol. The van der Waals surface area contributed by atoms with E-state index in [2.05, 4.69) is 30.4 Å².